The molecule has 0 saturated heterocycles. The zero-order chi connectivity index (χ0) is 18.2. The van der Waals surface area contributed by atoms with Gasteiger partial charge >= 0.3 is 12.1 Å². The van der Waals surface area contributed by atoms with E-state index in [-0.39, 0.29) is 11.9 Å². The van der Waals surface area contributed by atoms with Crippen molar-refractivity contribution in [1.82, 2.24) is 4.57 Å². The highest BCUT2D eigenvalue weighted by Crippen LogP contribution is 2.39. The van der Waals surface area contributed by atoms with E-state index in [1.807, 2.05) is 10.8 Å². The summed E-state index contributed by atoms with van der Waals surface area (Å²) < 4.78 is 46.3. The SMILES string of the molecule is COC(=O)C1CCCc2c1c(Br)cn2Cc1cccc(C(F)(F)F)c1. The van der Waals surface area contributed by atoms with Crippen molar-refractivity contribution in [2.45, 2.75) is 37.9 Å². The fourth-order valence-corrected chi connectivity index (χ4v) is 4.15. The van der Waals surface area contributed by atoms with Crippen LogP contribution in [0.2, 0.25) is 0 Å². The third-order valence-electron chi connectivity index (χ3n) is 4.53. The molecule has 0 fully saturated rings. The molecule has 1 aliphatic rings. The van der Waals surface area contributed by atoms with Gasteiger partial charge in [-0.3, -0.25) is 4.79 Å². The third-order valence-corrected chi connectivity index (χ3v) is 5.16. The van der Waals surface area contributed by atoms with Crippen LogP contribution < -0.4 is 0 Å². The summed E-state index contributed by atoms with van der Waals surface area (Å²) >= 11 is 3.49. The molecule has 0 amide bonds. The van der Waals surface area contributed by atoms with E-state index in [9.17, 15) is 18.0 Å². The van der Waals surface area contributed by atoms with Gasteiger partial charge in [0, 0.05) is 28.5 Å². The van der Waals surface area contributed by atoms with E-state index in [1.165, 1.54) is 19.2 Å². The molecule has 1 heterocycles. The van der Waals surface area contributed by atoms with Crippen molar-refractivity contribution >= 4 is 21.9 Å². The number of hydrogen-bond acceptors (Lipinski definition) is 2. The number of rotatable bonds is 3. The number of nitrogens with zero attached hydrogens (tertiary/aromatic N) is 1. The van der Waals surface area contributed by atoms with Crippen LogP contribution in [0, 0.1) is 0 Å². The Hall–Kier alpha value is -1.76. The fraction of sp³-hybridized carbons (Fsp3) is 0.389. The van der Waals surface area contributed by atoms with Gasteiger partial charge in [0.25, 0.3) is 0 Å². The Morgan fingerprint density at radius 1 is 1.40 bits per heavy atom. The third kappa shape index (κ3) is 3.61. The summed E-state index contributed by atoms with van der Waals surface area (Å²) in [7, 11) is 1.37. The van der Waals surface area contributed by atoms with Crippen LogP contribution in [0.15, 0.2) is 34.9 Å². The van der Waals surface area contributed by atoms with Crippen molar-refractivity contribution in [3.63, 3.8) is 0 Å². The molecule has 0 aliphatic heterocycles. The second kappa shape index (κ2) is 6.86. The molecule has 0 N–H and O–H groups in total. The molecule has 134 valence electrons. The standard InChI is InChI=1S/C18H17BrF3NO2/c1-25-17(24)13-6-3-7-15-16(13)14(19)10-23(15)9-11-4-2-5-12(8-11)18(20,21)22/h2,4-5,8,10,13H,3,6-7,9H2,1H3. The van der Waals surface area contributed by atoms with Gasteiger partial charge < -0.3 is 9.30 Å². The number of hydrogen-bond donors (Lipinski definition) is 0. The van der Waals surface area contributed by atoms with Crippen molar-refractivity contribution in [3.05, 3.63) is 57.3 Å². The Balaban J connectivity index is 1.94. The number of methoxy groups -OCH3 is 1. The molecule has 1 atom stereocenters. The van der Waals surface area contributed by atoms with Gasteiger partial charge in [-0.15, -0.1) is 0 Å². The van der Waals surface area contributed by atoms with Crippen molar-refractivity contribution in [2.24, 2.45) is 0 Å². The van der Waals surface area contributed by atoms with Gasteiger partial charge in [0.05, 0.1) is 18.6 Å². The van der Waals surface area contributed by atoms with Crippen molar-refractivity contribution < 1.29 is 22.7 Å². The minimum Gasteiger partial charge on any atom is -0.469 e. The summed E-state index contributed by atoms with van der Waals surface area (Å²) in [5.74, 6) is -0.607. The molecule has 0 radical (unpaired) electrons. The van der Waals surface area contributed by atoms with E-state index in [4.69, 9.17) is 4.74 Å². The Morgan fingerprint density at radius 2 is 2.16 bits per heavy atom. The van der Waals surface area contributed by atoms with Crippen LogP contribution in [0.25, 0.3) is 0 Å². The zero-order valence-electron chi connectivity index (χ0n) is 13.6. The van der Waals surface area contributed by atoms with Crippen LogP contribution in [0.1, 0.15) is 41.1 Å². The molecule has 25 heavy (non-hydrogen) atoms. The van der Waals surface area contributed by atoms with E-state index in [0.29, 0.717) is 18.5 Å². The summed E-state index contributed by atoms with van der Waals surface area (Å²) in [6.07, 6.45) is -0.181. The van der Waals surface area contributed by atoms with Crippen molar-refractivity contribution in [3.8, 4) is 0 Å². The topological polar surface area (TPSA) is 31.2 Å². The van der Waals surface area contributed by atoms with Gasteiger partial charge in [0.2, 0.25) is 0 Å². The summed E-state index contributed by atoms with van der Waals surface area (Å²) in [4.78, 5) is 12.0. The average Bonchev–Trinajstić information content (AvgIpc) is 2.90. The van der Waals surface area contributed by atoms with Gasteiger partial charge in [0.1, 0.15) is 0 Å². The average molecular weight is 416 g/mol. The molecule has 2 aromatic rings. The molecule has 1 aromatic carbocycles. The fourth-order valence-electron chi connectivity index (χ4n) is 3.40. The maximum absolute atomic E-state index is 12.9. The largest absolute Gasteiger partial charge is 0.469 e. The lowest BCUT2D eigenvalue weighted by molar-refractivity contribution is -0.142. The number of halogens is 4. The number of aromatic nitrogens is 1. The Kier molecular flexibility index (Phi) is 4.95. The van der Waals surface area contributed by atoms with Gasteiger partial charge in [0.15, 0.2) is 0 Å². The van der Waals surface area contributed by atoms with Crippen LogP contribution in [0.4, 0.5) is 13.2 Å². The van der Waals surface area contributed by atoms with E-state index < -0.39 is 11.7 Å². The summed E-state index contributed by atoms with van der Waals surface area (Å²) in [6, 6.07) is 5.33. The Bertz CT molecular complexity index is 798. The first-order valence-electron chi connectivity index (χ1n) is 7.92. The molecule has 0 saturated carbocycles. The quantitative estimate of drug-likeness (QED) is 0.666. The molecule has 1 aliphatic carbocycles. The first-order valence-corrected chi connectivity index (χ1v) is 8.72. The van der Waals surface area contributed by atoms with Crippen LogP contribution in [-0.4, -0.2) is 17.6 Å². The predicted octanol–water partition coefficient (Wildman–Crippen LogP) is 4.91. The lowest BCUT2D eigenvalue weighted by atomic mass is 9.87. The normalized spacial score (nSPS) is 17.2. The molecule has 3 rings (SSSR count). The summed E-state index contributed by atoms with van der Waals surface area (Å²) in [6.45, 7) is 0.325. The number of carbonyl (C=O) groups is 1. The Labute approximate surface area is 151 Å². The molecule has 3 nitrogen and oxygen atoms in total. The lowest BCUT2D eigenvalue weighted by Gasteiger charge is -2.23. The second-order valence-corrected chi connectivity index (χ2v) is 6.99. The molecule has 1 aromatic heterocycles. The van der Waals surface area contributed by atoms with E-state index in [2.05, 4.69) is 15.9 Å². The van der Waals surface area contributed by atoms with E-state index in [0.717, 1.165) is 34.6 Å². The predicted molar refractivity (Wildman–Crippen MR) is 90.4 cm³/mol. The second-order valence-electron chi connectivity index (χ2n) is 6.13. The van der Waals surface area contributed by atoms with Gasteiger partial charge in [-0.1, -0.05) is 12.1 Å². The number of esters is 1. The highest BCUT2D eigenvalue weighted by atomic mass is 79.9. The molecule has 0 bridgehead atoms. The van der Waals surface area contributed by atoms with Crippen LogP contribution in [0.5, 0.6) is 0 Å². The van der Waals surface area contributed by atoms with Crippen LogP contribution in [0.3, 0.4) is 0 Å². The van der Waals surface area contributed by atoms with E-state index >= 15 is 0 Å². The summed E-state index contributed by atoms with van der Waals surface area (Å²) in [5.41, 5.74) is 1.79. The summed E-state index contributed by atoms with van der Waals surface area (Å²) in [5, 5.41) is 0. The van der Waals surface area contributed by atoms with Gasteiger partial charge in [-0.05, 0) is 52.9 Å². The number of benzene rings is 1. The van der Waals surface area contributed by atoms with Crippen LogP contribution >= 0.6 is 15.9 Å². The first kappa shape index (κ1) is 18.0. The molecular weight excluding hydrogens is 399 g/mol. The molecular formula is C18H17BrF3NO2. The van der Waals surface area contributed by atoms with Crippen LogP contribution in [-0.2, 0) is 28.7 Å². The minimum atomic E-state index is -4.36. The van der Waals surface area contributed by atoms with Gasteiger partial charge in [-0.25, -0.2) is 0 Å². The van der Waals surface area contributed by atoms with E-state index in [1.54, 1.807) is 6.07 Å². The lowest BCUT2D eigenvalue weighted by Crippen LogP contribution is -2.20. The number of carbonyl (C=O) groups excluding carboxylic acids is 1. The maximum Gasteiger partial charge on any atom is 0.416 e. The van der Waals surface area contributed by atoms with Crippen molar-refractivity contribution in [1.29, 1.82) is 0 Å². The first-order chi connectivity index (χ1) is 11.8. The molecule has 0 spiro atoms. The number of alkyl halides is 3. The monoisotopic (exact) mass is 415 g/mol. The molecule has 1 unspecified atom stereocenters. The number of ether oxygens (including phenoxy) is 1. The Morgan fingerprint density at radius 3 is 2.84 bits per heavy atom. The highest BCUT2D eigenvalue weighted by molar-refractivity contribution is 9.10. The highest BCUT2D eigenvalue weighted by Gasteiger charge is 2.33. The minimum absolute atomic E-state index is 0.279. The smallest absolute Gasteiger partial charge is 0.416 e. The maximum atomic E-state index is 12.9. The van der Waals surface area contributed by atoms with Gasteiger partial charge in [-0.2, -0.15) is 13.2 Å². The number of fused-ring (bicyclic) bond motifs is 1. The molecule has 7 heteroatoms. The van der Waals surface area contributed by atoms with Crippen molar-refractivity contribution in [2.75, 3.05) is 7.11 Å². The zero-order valence-corrected chi connectivity index (χ0v) is 15.2.